The van der Waals surface area contributed by atoms with Gasteiger partial charge >= 0.3 is 0 Å². The van der Waals surface area contributed by atoms with Crippen LogP contribution < -0.4 is 5.32 Å². The van der Waals surface area contributed by atoms with Crippen molar-refractivity contribution in [1.82, 2.24) is 5.32 Å². The van der Waals surface area contributed by atoms with E-state index in [2.05, 4.69) is 50.5 Å². The van der Waals surface area contributed by atoms with Crippen LogP contribution in [0.4, 0.5) is 0 Å². The molecule has 1 nitrogen and oxygen atoms in total. The Morgan fingerprint density at radius 1 is 1.05 bits per heavy atom. The summed E-state index contributed by atoms with van der Waals surface area (Å²) >= 11 is 1.98. The Morgan fingerprint density at radius 3 is 2.43 bits per heavy atom. The third kappa shape index (κ3) is 9.21. The first-order valence-corrected chi connectivity index (χ1v) is 9.61. The van der Waals surface area contributed by atoms with Gasteiger partial charge in [-0.25, -0.2) is 0 Å². The zero-order valence-corrected chi connectivity index (χ0v) is 15.0. The number of aryl methyl sites for hydroxylation is 1. The smallest absolute Gasteiger partial charge is 0.0158 e. The van der Waals surface area contributed by atoms with Gasteiger partial charge in [-0.15, -0.1) is 11.8 Å². The van der Waals surface area contributed by atoms with Crippen LogP contribution >= 0.6 is 11.8 Å². The zero-order chi connectivity index (χ0) is 15.3. The molecule has 1 aromatic rings. The van der Waals surface area contributed by atoms with Crippen LogP contribution in [0.25, 0.3) is 0 Å². The molecule has 0 spiro atoms. The van der Waals surface area contributed by atoms with Crippen molar-refractivity contribution in [1.29, 1.82) is 0 Å². The second-order valence-electron chi connectivity index (χ2n) is 6.02. The number of hydrogen-bond donors (Lipinski definition) is 1. The Kier molecular flexibility index (Phi) is 10.7. The summed E-state index contributed by atoms with van der Waals surface area (Å²) < 4.78 is 0. The van der Waals surface area contributed by atoms with Crippen molar-refractivity contribution in [2.75, 3.05) is 12.8 Å². The van der Waals surface area contributed by atoms with E-state index in [1.807, 2.05) is 11.8 Å². The minimum absolute atomic E-state index is 0.645. The molecule has 1 atom stereocenters. The summed E-state index contributed by atoms with van der Waals surface area (Å²) in [6, 6.07) is 9.47. The van der Waals surface area contributed by atoms with E-state index < -0.39 is 0 Å². The number of benzene rings is 1. The molecule has 0 radical (unpaired) electrons. The van der Waals surface area contributed by atoms with E-state index in [1.54, 1.807) is 0 Å². The van der Waals surface area contributed by atoms with Crippen LogP contribution in [0, 0.1) is 6.92 Å². The van der Waals surface area contributed by atoms with Crippen molar-refractivity contribution in [3.05, 3.63) is 29.8 Å². The number of nitrogens with one attached hydrogen (secondary N) is 1. The molecule has 2 heteroatoms. The number of thioether (sulfide) groups is 1. The largest absolute Gasteiger partial charge is 0.316 e. The quantitative estimate of drug-likeness (QED) is 0.386. The van der Waals surface area contributed by atoms with Gasteiger partial charge in [0.1, 0.15) is 0 Å². The molecular formula is C19H33NS. The molecule has 1 rings (SSSR count). The van der Waals surface area contributed by atoms with Crippen LogP contribution in [0.3, 0.4) is 0 Å². The van der Waals surface area contributed by atoms with Gasteiger partial charge in [-0.1, -0.05) is 69.6 Å². The highest BCUT2D eigenvalue weighted by Crippen LogP contribution is 2.21. The molecule has 0 saturated heterocycles. The van der Waals surface area contributed by atoms with Crippen molar-refractivity contribution in [3.8, 4) is 0 Å². The molecule has 1 aromatic carbocycles. The Hall–Kier alpha value is -0.470. The molecule has 1 N–H and O–H groups in total. The number of hydrogen-bond acceptors (Lipinski definition) is 2. The molecule has 0 amide bonds. The maximum atomic E-state index is 3.48. The maximum absolute atomic E-state index is 3.48. The van der Waals surface area contributed by atoms with Gasteiger partial charge in [0, 0.05) is 16.7 Å². The average molecular weight is 308 g/mol. The summed E-state index contributed by atoms with van der Waals surface area (Å²) in [6.07, 6.45) is 11.1. The van der Waals surface area contributed by atoms with Gasteiger partial charge in [0.15, 0.2) is 0 Å². The van der Waals surface area contributed by atoms with Gasteiger partial charge in [-0.2, -0.15) is 0 Å². The molecule has 0 aliphatic carbocycles. The van der Waals surface area contributed by atoms with Gasteiger partial charge in [-0.3, -0.25) is 0 Å². The van der Waals surface area contributed by atoms with Crippen LogP contribution in [0.15, 0.2) is 29.2 Å². The predicted molar refractivity (Wildman–Crippen MR) is 97.4 cm³/mol. The minimum Gasteiger partial charge on any atom is -0.316 e. The lowest BCUT2D eigenvalue weighted by atomic mass is 10.1. The van der Waals surface area contributed by atoms with Crippen molar-refractivity contribution in [3.63, 3.8) is 0 Å². The van der Waals surface area contributed by atoms with Crippen molar-refractivity contribution in [2.24, 2.45) is 0 Å². The van der Waals surface area contributed by atoms with Crippen LogP contribution in [0.2, 0.25) is 0 Å². The first-order chi connectivity index (χ1) is 10.3. The molecule has 0 aromatic heterocycles. The molecule has 0 fully saturated rings. The molecule has 0 saturated carbocycles. The third-order valence-electron chi connectivity index (χ3n) is 4.01. The lowest BCUT2D eigenvalue weighted by molar-refractivity contribution is 0.511. The van der Waals surface area contributed by atoms with Gasteiger partial charge in [-0.05, 0) is 32.5 Å². The fraction of sp³-hybridized carbons (Fsp3) is 0.684. The monoisotopic (exact) mass is 307 g/mol. The number of unbranched alkanes of at least 4 members (excludes halogenated alkanes) is 6. The van der Waals surface area contributed by atoms with Crippen molar-refractivity contribution >= 4 is 11.8 Å². The van der Waals surface area contributed by atoms with E-state index in [1.165, 1.54) is 67.6 Å². The predicted octanol–water partition coefficient (Wildman–Crippen LogP) is 5.82. The van der Waals surface area contributed by atoms with Crippen molar-refractivity contribution in [2.45, 2.75) is 76.2 Å². The molecule has 0 bridgehead atoms. The summed E-state index contributed by atoms with van der Waals surface area (Å²) in [5.41, 5.74) is 1.35. The Labute approximate surface area is 136 Å². The van der Waals surface area contributed by atoms with Gasteiger partial charge in [0.25, 0.3) is 0 Å². The zero-order valence-electron chi connectivity index (χ0n) is 14.2. The minimum atomic E-state index is 0.645. The second kappa shape index (κ2) is 12.1. The Bertz CT molecular complexity index is 364. The van der Waals surface area contributed by atoms with Crippen LogP contribution in [-0.2, 0) is 0 Å². The van der Waals surface area contributed by atoms with Gasteiger partial charge < -0.3 is 5.32 Å². The van der Waals surface area contributed by atoms with Gasteiger partial charge in [0.2, 0.25) is 0 Å². The standard InChI is InChI=1S/C19H33NS/c1-4-5-6-7-8-9-10-13-18(20-3)16-21-19-14-11-12-17(2)15-19/h11-12,14-15,18,20H,4-10,13,16H2,1-3H3. The highest BCUT2D eigenvalue weighted by Gasteiger charge is 2.06. The van der Waals surface area contributed by atoms with Crippen LogP contribution in [0.1, 0.15) is 63.9 Å². The SMILES string of the molecule is CCCCCCCCCC(CSc1cccc(C)c1)NC. The molecule has 1 unspecified atom stereocenters. The van der Waals surface area contributed by atoms with E-state index in [4.69, 9.17) is 0 Å². The molecular weight excluding hydrogens is 274 g/mol. The lowest BCUT2D eigenvalue weighted by Gasteiger charge is -2.15. The van der Waals surface area contributed by atoms with E-state index in [0.717, 1.165) is 0 Å². The fourth-order valence-electron chi connectivity index (χ4n) is 2.56. The maximum Gasteiger partial charge on any atom is 0.0158 e. The van der Waals surface area contributed by atoms with Gasteiger partial charge in [0.05, 0.1) is 0 Å². The lowest BCUT2D eigenvalue weighted by Crippen LogP contribution is -2.27. The van der Waals surface area contributed by atoms with Crippen molar-refractivity contribution < 1.29 is 0 Å². The first kappa shape index (κ1) is 18.6. The molecule has 0 aliphatic heterocycles. The van der Waals surface area contributed by atoms with E-state index in [0.29, 0.717) is 6.04 Å². The topological polar surface area (TPSA) is 12.0 Å². The summed E-state index contributed by atoms with van der Waals surface area (Å²) in [5.74, 6) is 1.18. The summed E-state index contributed by atoms with van der Waals surface area (Å²) in [7, 11) is 2.10. The third-order valence-corrected chi connectivity index (χ3v) is 5.16. The number of rotatable bonds is 12. The second-order valence-corrected chi connectivity index (χ2v) is 7.12. The average Bonchev–Trinajstić information content (AvgIpc) is 2.49. The Balaban J connectivity index is 2.11. The van der Waals surface area contributed by atoms with Crippen LogP contribution in [-0.4, -0.2) is 18.8 Å². The van der Waals surface area contributed by atoms with E-state index >= 15 is 0 Å². The summed E-state index contributed by atoms with van der Waals surface area (Å²) in [5, 5.41) is 3.48. The highest BCUT2D eigenvalue weighted by atomic mass is 32.2. The fourth-order valence-corrected chi connectivity index (χ4v) is 3.73. The molecule has 120 valence electrons. The summed E-state index contributed by atoms with van der Waals surface area (Å²) in [6.45, 7) is 4.45. The Morgan fingerprint density at radius 2 is 1.76 bits per heavy atom. The molecule has 0 heterocycles. The summed E-state index contributed by atoms with van der Waals surface area (Å²) in [4.78, 5) is 1.40. The molecule has 0 aliphatic rings. The highest BCUT2D eigenvalue weighted by molar-refractivity contribution is 7.99. The first-order valence-electron chi connectivity index (χ1n) is 8.63. The van der Waals surface area contributed by atoms with E-state index in [-0.39, 0.29) is 0 Å². The molecule has 21 heavy (non-hydrogen) atoms. The normalized spacial score (nSPS) is 12.5. The van der Waals surface area contributed by atoms with E-state index in [9.17, 15) is 0 Å². The van der Waals surface area contributed by atoms with Crippen LogP contribution in [0.5, 0.6) is 0 Å².